The first-order valence-electron chi connectivity index (χ1n) is 12.2. The minimum Gasteiger partial charge on any atom is -0.295 e. The number of aryl methyl sites for hydroxylation is 2. The highest BCUT2D eigenvalue weighted by atomic mass is 16.1. The van der Waals surface area contributed by atoms with Crippen LogP contribution in [0.3, 0.4) is 0 Å². The molecule has 0 bridgehead atoms. The summed E-state index contributed by atoms with van der Waals surface area (Å²) in [6, 6.07) is 8.48. The third-order valence-electron chi connectivity index (χ3n) is 5.35. The minimum absolute atomic E-state index is 0.112. The zero-order chi connectivity index (χ0) is 25.4. The Morgan fingerprint density at radius 3 is 1.91 bits per heavy atom. The molecule has 33 heavy (non-hydrogen) atoms. The molecule has 0 aliphatic rings. The van der Waals surface area contributed by atoms with E-state index in [-0.39, 0.29) is 5.78 Å². The molecule has 1 aromatic rings. The van der Waals surface area contributed by atoms with Gasteiger partial charge < -0.3 is 0 Å². The standard InChI is InChI=1S/C24H38O.C8H10/c1-19(12-9-10-13-20(2)18-23(5)25)15-16-22(4)21(3)14-11-17-24(6,7)8;1-7-3-5-8(2)6-4-7/h9-10,12,15-16,18H,11,13-14,17H2,1-8H3;3-6H,1-2H3/b10-9?,16-15+,19-12+,20-18+,22-21+;. The highest BCUT2D eigenvalue weighted by molar-refractivity contribution is 5.87. The van der Waals surface area contributed by atoms with Crippen LogP contribution in [0, 0.1) is 19.3 Å². The summed E-state index contributed by atoms with van der Waals surface area (Å²) in [5, 5.41) is 0. The maximum Gasteiger partial charge on any atom is 0.152 e. The number of carbonyl (C=O) groups is 1. The summed E-state index contributed by atoms with van der Waals surface area (Å²) in [6.07, 6.45) is 16.9. The van der Waals surface area contributed by atoms with Crippen LogP contribution in [0.1, 0.15) is 92.2 Å². The lowest BCUT2D eigenvalue weighted by Gasteiger charge is -2.17. The highest BCUT2D eigenvalue weighted by Crippen LogP contribution is 2.24. The van der Waals surface area contributed by atoms with E-state index in [4.69, 9.17) is 0 Å². The molecule has 182 valence electrons. The van der Waals surface area contributed by atoms with Gasteiger partial charge >= 0.3 is 0 Å². The second-order valence-electron chi connectivity index (χ2n) is 10.5. The fourth-order valence-electron chi connectivity index (χ4n) is 3.05. The molecule has 1 aromatic carbocycles. The van der Waals surface area contributed by atoms with Gasteiger partial charge in [-0.2, -0.15) is 0 Å². The smallest absolute Gasteiger partial charge is 0.152 e. The maximum absolute atomic E-state index is 11.0. The van der Waals surface area contributed by atoms with E-state index in [1.165, 1.54) is 47.1 Å². The van der Waals surface area contributed by atoms with Crippen LogP contribution in [-0.4, -0.2) is 5.78 Å². The Bertz CT molecular complexity index is 841. The molecule has 0 unspecified atom stereocenters. The van der Waals surface area contributed by atoms with E-state index in [0.29, 0.717) is 5.41 Å². The SMILES string of the molecule is CC(=O)/C=C(\C)CC=C/C=C(C)/C=C/C(C)=C(\C)CCCC(C)(C)C.Cc1ccc(C)cc1. The van der Waals surface area contributed by atoms with Crippen molar-refractivity contribution in [2.75, 3.05) is 0 Å². The van der Waals surface area contributed by atoms with Gasteiger partial charge in [0.15, 0.2) is 5.78 Å². The fourth-order valence-corrected chi connectivity index (χ4v) is 3.05. The fraction of sp³-hybridized carbons (Fsp3) is 0.469. The number of rotatable bonds is 9. The molecular formula is C32H48O. The molecule has 0 spiro atoms. The van der Waals surface area contributed by atoms with Crippen LogP contribution >= 0.6 is 0 Å². The molecule has 1 heteroatoms. The molecule has 0 aromatic heterocycles. The first kappa shape index (κ1) is 30.6. The largest absolute Gasteiger partial charge is 0.295 e. The van der Waals surface area contributed by atoms with Crippen molar-refractivity contribution in [2.45, 2.75) is 94.9 Å². The Morgan fingerprint density at radius 2 is 1.42 bits per heavy atom. The molecule has 0 aliphatic carbocycles. The lowest BCUT2D eigenvalue weighted by Crippen LogP contribution is -2.04. The number of hydrogen-bond donors (Lipinski definition) is 0. The third kappa shape index (κ3) is 18.8. The molecule has 0 saturated heterocycles. The molecule has 0 N–H and O–H groups in total. The van der Waals surface area contributed by atoms with Crippen LogP contribution in [0.2, 0.25) is 0 Å². The summed E-state index contributed by atoms with van der Waals surface area (Å²) in [7, 11) is 0. The molecular weight excluding hydrogens is 400 g/mol. The average molecular weight is 449 g/mol. The van der Waals surface area contributed by atoms with Crippen molar-refractivity contribution in [1.82, 2.24) is 0 Å². The van der Waals surface area contributed by atoms with Crippen molar-refractivity contribution < 1.29 is 4.79 Å². The van der Waals surface area contributed by atoms with Crippen molar-refractivity contribution in [2.24, 2.45) is 5.41 Å². The van der Waals surface area contributed by atoms with Crippen LogP contribution in [0.25, 0.3) is 0 Å². The predicted molar refractivity (Wildman–Crippen MR) is 149 cm³/mol. The minimum atomic E-state index is 0.112. The van der Waals surface area contributed by atoms with Gasteiger partial charge in [0.2, 0.25) is 0 Å². The molecule has 0 fully saturated rings. The lowest BCUT2D eigenvalue weighted by atomic mass is 9.88. The summed E-state index contributed by atoms with van der Waals surface area (Å²) < 4.78 is 0. The monoisotopic (exact) mass is 448 g/mol. The van der Waals surface area contributed by atoms with Gasteiger partial charge in [-0.05, 0) is 85.6 Å². The molecule has 1 nitrogen and oxygen atoms in total. The molecule has 0 atom stereocenters. The van der Waals surface area contributed by atoms with E-state index >= 15 is 0 Å². The van der Waals surface area contributed by atoms with E-state index in [1.807, 2.05) is 6.92 Å². The second-order valence-corrected chi connectivity index (χ2v) is 10.5. The Hall–Kier alpha value is -2.41. The lowest BCUT2D eigenvalue weighted by molar-refractivity contribution is -0.112. The van der Waals surface area contributed by atoms with Crippen LogP contribution in [0.4, 0.5) is 0 Å². The van der Waals surface area contributed by atoms with Gasteiger partial charge in [-0.1, -0.05) is 109 Å². The van der Waals surface area contributed by atoms with Gasteiger partial charge in [0, 0.05) is 0 Å². The van der Waals surface area contributed by atoms with E-state index in [2.05, 4.69) is 110 Å². The first-order chi connectivity index (χ1) is 15.3. The van der Waals surface area contributed by atoms with Crippen molar-refractivity contribution in [3.05, 3.63) is 94.1 Å². The zero-order valence-electron chi connectivity index (χ0n) is 23.0. The van der Waals surface area contributed by atoms with Crippen molar-refractivity contribution in [1.29, 1.82) is 0 Å². The van der Waals surface area contributed by atoms with E-state index < -0.39 is 0 Å². The normalized spacial score (nSPS) is 13.8. The van der Waals surface area contributed by atoms with Gasteiger partial charge in [0.05, 0.1) is 0 Å². The van der Waals surface area contributed by atoms with Crippen molar-refractivity contribution >= 4 is 5.78 Å². The third-order valence-corrected chi connectivity index (χ3v) is 5.35. The van der Waals surface area contributed by atoms with Crippen LogP contribution < -0.4 is 0 Å². The van der Waals surface area contributed by atoms with Crippen LogP contribution in [-0.2, 0) is 4.79 Å². The van der Waals surface area contributed by atoms with Crippen molar-refractivity contribution in [3.8, 4) is 0 Å². The van der Waals surface area contributed by atoms with E-state index in [0.717, 1.165) is 12.0 Å². The zero-order valence-corrected chi connectivity index (χ0v) is 23.0. The average Bonchev–Trinajstić information content (AvgIpc) is 2.70. The predicted octanol–water partition coefficient (Wildman–Crippen LogP) is 9.83. The molecule has 0 amide bonds. The highest BCUT2D eigenvalue weighted by Gasteiger charge is 2.09. The molecule has 0 saturated carbocycles. The summed E-state index contributed by atoms with van der Waals surface area (Å²) in [5.74, 6) is 0.112. The van der Waals surface area contributed by atoms with E-state index in [9.17, 15) is 4.79 Å². The molecule has 0 heterocycles. The Kier molecular flexibility index (Phi) is 15.1. The van der Waals surface area contributed by atoms with Gasteiger partial charge in [-0.25, -0.2) is 0 Å². The van der Waals surface area contributed by atoms with Gasteiger partial charge in [-0.3, -0.25) is 4.79 Å². The quantitative estimate of drug-likeness (QED) is 0.271. The van der Waals surface area contributed by atoms with Crippen LogP contribution in [0.5, 0.6) is 0 Å². The summed E-state index contributed by atoms with van der Waals surface area (Å²) >= 11 is 0. The second kappa shape index (κ2) is 16.2. The molecule has 0 radical (unpaired) electrons. The number of allylic oxidation sites excluding steroid dienone is 10. The van der Waals surface area contributed by atoms with Crippen molar-refractivity contribution in [3.63, 3.8) is 0 Å². The Morgan fingerprint density at radius 1 is 0.879 bits per heavy atom. The Balaban J connectivity index is 0.00000106. The number of benzene rings is 1. The Labute approximate surface area is 205 Å². The first-order valence-corrected chi connectivity index (χ1v) is 12.2. The summed E-state index contributed by atoms with van der Waals surface area (Å²) in [6.45, 7) is 21.2. The molecule has 0 aliphatic heterocycles. The number of ketones is 1. The van der Waals surface area contributed by atoms with E-state index in [1.54, 1.807) is 13.0 Å². The van der Waals surface area contributed by atoms with Gasteiger partial charge in [0.1, 0.15) is 0 Å². The van der Waals surface area contributed by atoms with Gasteiger partial charge in [0.25, 0.3) is 0 Å². The number of hydrogen-bond acceptors (Lipinski definition) is 1. The number of carbonyl (C=O) groups excluding carboxylic acids is 1. The topological polar surface area (TPSA) is 17.1 Å². The maximum atomic E-state index is 11.0. The summed E-state index contributed by atoms with van der Waals surface area (Å²) in [4.78, 5) is 11.0. The van der Waals surface area contributed by atoms with Crippen LogP contribution in [0.15, 0.2) is 83.0 Å². The van der Waals surface area contributed by atoms with Gasteiger partial charge in [-0.15, -0.1) is 0 Å². The molecule has 1 rings (SSSR count). The summed E-state index contributed by atoms with van der Waals surface area (Å²) in [5.41, 5.74) is 8.25.